The third kappa shape index (κ3) is 4.68. The van der Waals surface area contributed by atoms with Crippen molar-refractivity contribution in [3.63, 3.8) is 0 Å². The van der Waals surface area contributed by atoms with Crippen molar-refractivity contribution in [2.75, 3.05) is 5.75 Å². The largest absolute Gasteiger partial charge is 0.458 e. The molecular formula is C17H16O3S. The van der Waals surface area contributed by atoms with E-state index in [2.05, 4.69) is 13.2 Å². The van der Waals surface area contributed by atoms with Gasteiger partial charge in [-0.1, -0.05) is 25.3 Å². The Morgan fingerprint density at radius 2 is 2.10 bits per heavy atom. The Kier molecular flexibility index (Phi) is 5.46. The second kappa shape index (κ2) is 7.55. The molecule has 0 aromatic heterocycles. The molecule has 0 saturated carbocycles. The lowest BCUT2D eigenvalue weighted by atomic mass is 10.2. The van der Waals surface area contributed by atoms with E-state index in [0.29, 0.717) is 17.1 Å². The van der Waals surface area contributed by atoms with Crippen LogP contribution in [-0.4, -0.2) is 17.8 Å². The first-order chi connectivity index (χ1) is 10.2. The average Bonchev–Trinajstić information content (AvgIpc) is 2.98. The molecule has 1 aliphatic heterocycles. The maximum absolute atomic E-state index is 11.9. The number of carbonyl (C=O) groups excluding carboxylic acids is 1. The van der Waals surface area contributed by atoms with Gasteiger partial charge in [-0.3, -0.25) is 0 Å². The zero-order valence-electron chi connectivity index (χ0n) is 11.5. The van der Waals surface area contributed by atoms with Crippen LogP contribution in [-0.2, 0) is 4.74 Å². The van der Waals surface area contributed by atoms with Crippen LogP contribution >= 0.6 is 11.8 Å². The van der Waals surface area contributed by atoms with Crippen LogP contribution < -0.4 is 4.74 Å². The number of carbonyl (C=O) groups is 1. The highest BCUT2D eigenvalue weighted by atomic mass is 32.2. The monoisotopic (exact) mass is 300 g/mol. The zero-order valence-corrected chi connectivity index (χ0v) is 12.3. The molecule has 1 aromatic carbocycles. The minimum atomic E-state index is -0.330. The molecule has 0 N–H and O–H groups in total. The first-order valence-electron chi connectivity index (χ1n) is 6.44. The van der Waals surface area contributed by atoms with E-state index in [9.17, 15) is 4.79 Å². The normalized spacial score (nSPS) is 16.9. The van der Waals surface area contributed by atoms with Gasteiger partial charge in [0.25, 0.3) is 0 Å². The smallest absolute Gasteiger partial charge is 0.338 e. The molecule has 1 unspecified atom stereocenters. The number of benzene rings is 1. The Balaban J connectivity index is 1.93. The number of hydrogen-bond acceptors (Lipinski definition) is 4. The van der Waals surface area contributed by atoms with Gasteiger partial charge in [0.2, 0.25) is 0 Å². The molecule has 0 amide bonds. The van der Waals surface area contributed by atoms with Crippen molar-refractivity contribution in [2.24, 2.45) is 0 Å². The van der Waals surface area contributed by atoms with Gasteiger partial charge in [-0.05, 0) is 41.8 Å². The van der Waals surface area contributed by atoms with Crippen molar-refractivity contribution in [2.45, 2.75) is 6.10 Å². The van der Waals surface area contributed by atoms with Crippen LogP contribution in [0.5, 0.6) is 5.75 Å². The molecule has 0 spiro atoms. The van der Waals surface area contributed by atoms with Crippen LogP contribution in [0.15, 0.2) is 72.9 Å². The quantitative estimate of drug-likeness (QED) is 0.450. The standard InChI is InChI=1S/C17H16O3S/c1-3-4-5-13(2)19-15-8-6-14(7-9-15)17(18)20-16-10-11-21-12-16/h3-11,16H,1-2,12H2/b5-4-. The first-order valence-corrected chi connectivity index (χ1v) is 7.49. The number of esters is 1. The SMILES string of the molecule is C=C/C=C\C(=C)Oc1ccc(C(=O)OC2C=CSC2)cc1. The van der Waals surface area contributed by atoms with Crippen molar-refractivity contribution in [1.29, 1.82) is 0 Å². The molecule has 4 heteroatoms. The molecule has 0 fully saturated rings. The lowest BCUT2D eigenvalue weighted by Crippen LogP contribution is -2.16. The number of ether oxygens (including phenoxy) is 2. The molecule has 0 bridgehead atoms. The number of allylic oxidation sites excluding steroid dienone is 3. The number of hydrogen-bond donors (Lipinski definition) is 0. The molecule has 1 atom stereocenters. The lowest BCUT2D eigenvalue weighted by Gasteiger charge is -2.10. The molecule has 0 radical (unpaired) electrons. The highest BCUT2D eigenvalue weighted by Crippen LogP contribution is 2.20. The predicted molar refractivity (Wildman–Crippen MR) is 86.3 cm³/mol. The molecule has 3 nitrogen and oxygen atoms in total. The average molecular weight is 300 g/mol. The van der Waals surface area contributed by atoms with E-state index in [4.69, 9.17) is 9.47 Å². The van der Waals surface area contributed by atoms with Gasteiger partial charge in [-0.2, -0.15) is 0 Å². The number of thioether (sulfide) groups is 1. The molecule has 1 aromatic rings. The summed E-state index contributed by atoms with van der Waals surface area (Å²) in [5.41, 5.74) is 0.500. The predicted octanol–water partition coefficient (Wildman–Crippen LogP) is 4.11. The molecular weight excluding hydrogens is 284 g/mol. The molecule has 2 rings (SSSR count). The molecule has 108 valence electrons. The number of rotatable bonds is 6. The lowest BCUT2D eigenvalue weighted by molar-refractivity contribution is 0.0434. The van der Waals surface area contributed by atoms with Crippen LogP contribution in [0.25, 0.3) is 0 Å². The van der Waals surface area contributed by atoms with Crippen LogP contribution in [0.2, 0.25) is 0 Å². The Labute approximate surface area is 128 Å². The second-order valence-electron chi connectivity index (χ2n) is 4.29. The maximum atomic E-state index is 11.9. The molecule has 21 heavy (non-hydrogen) atoms. The fourth-order valence-corrected chi connectivity index (χ4v) is 2.41. The molecule has 0 aliphatic carbocycles. The van der Waals surface area contributed by atoms with Crippen molar-refractivity contribution in [3.05, 3.63) is 78.5 Å². The maximum Gasteiger partial charge on any atom is 0.338 e. The van der Waals surface area contributed by atoms with Crippen LogP contribution in [0.1, 0.15) is 10.4 Å². The summed E-state index contributed by atoms with van der Waals surface area (Å²) in [6.07, 6.45) is 6.84. The summed E-state index contributed by atoms with van der Waals surface area (Å²) in [7, 11) is 0. The van der Waals surface area contributed by atoms with E-state index < -0.39 is 0 Å². The van der Waals surface area contributed by atoms with Crippen molar-refractivity contribution >= 4 is 17.7 Å². The van der Waals surface area contributed by atoms with Crippen molar-refractivity contribution in [1.82, 2.24) is 0 Å². The molecule has 0 saturated heterocycles. The van der Waals surface area contributed by atoms with Gasteiger partial charge < -0.3 is 9.47 Å². The Morgan fingerprint density at radius 1 is 1.33 bits per heavy atom. The summed E-state index contributed by atoms with van der Waals surface area (Å²) in [6.45, 7) is 7.33. The summed E-state index contributed by atoms with van der Waals surface area (Å²) in [5, 5.41) is 1.94. The van der Waals surface area contributed by atoms with Gasteiger partial charge in [0, 0.05) is 5.75 Å². The van der Waals surface area contributed by atoms with Crippen molar-refractivity contribution in [3.8, 4) is 5.75 Å². The topological polar surface area (TPSA) is 35.5 Å². The fourth-order valence-electron chi connectivity index (χ4n) is 1.65. The third-order valence-corrected chi connectivity index (χ3v) is 3.54. The minimum Gasteiger partial charge on any atom is -0.458 e. The van der Waals surface area contributed by atoms with E-state index in [1.165, 1.54) is 0 Å². The fraction of sp³-hybridized carbons (Fsp3) is 0.118. The Bertz CT molecular complexity index is 585. The summed E-state index contributed by atoms with van der Waals surface area (Å²) in [6, 6.07) is 6.77. The third-order valence-electron chi connectivity index (χ3n) is 2.67. The Hall–Kier alpha value is -2.20. The van der Waals surface area contributed by atoms with E-state index in [1.54, 1.807) is 54.3 Å². The van der Waals surface area contributed by atoms with Gasteiger partial charge in [0.15, 0.2) is 0 Å². The zero-order chi connectivity index (χ0) is 15.1. The van der Waals surface area contributed by atoms with Crippen molar-refractivity contribution < 1.29 is 14.3 Å². The van der Waals surface area contributed by atoms with Crippen LogP contribution in [0, 0.1) is 0 Å². The summed E-state index contributed by atoms with van der Waals surface area (Å²) in [5.74, 6) is 1.56. The highest BCUT2D eigenvalue weighted by molar-refractivity contribution is 8.02. The summed E-state index contributed by atoms with van der Waals surface area (Å²) < 4.78 is 10.8. The highest BCUT2D eigenvalue weighted by Gasteiger charge is 2.16. The molecule has 1 aliphatic rings. The van der Waals surface area contributed by atoms with Gasteiger partial charge in [0.05, 0.1) is 5.56 Å². The van der Waals surface area contributed by atoms with E-state index >= 15 is 0 Å². The second-order valence-corrected chi connectivity index (χ2v) is 5.23. The summed E-state index contributed by atoms with van der Waals surface area (Å²) >= 11 is 1.63. The van der Waals surface area contributed by atoms with Gasteiger partial charge in [0.1, 0.15) is 17.6 Å². The minimum absolute atomic E-state index is 0.137. The molecule has 1 heterocycles. The van der Waals surface area contributed by atoms with E-state index in [1.807, 2.05) is 11.5 Å². The van der Waals surface area contributed by atoms with E-state index in [0.717, 1.165) is 5.75 Å². The summed E-state index contributed by atoms with van der Waals surface area (Å²) in [4.78, 5) is 11.9. The first kappa shape index (κ1) is 15.2. The van der Waals surface area contributed by atoms with E-state index in [-0.39, 0.29) is 12.1 Å². The van der Waals surface area contributed by atoms with Gasteiger partial charge in [-0.15, -0.1) is 11.8 Å². The van der Waals surface area contributed by atoms with Gasteiger partial charge in [-0.25, -0.2) is 4.79 Å². The Morgan fingerprint density at radius 3 is 2.71 bits per heavy atom. The van der Waals surface area contributed by atoms with Crippen LogP contribution in [0.3, 0.4) is 0 Å². The van der Waals surface area contributed by atoms with Crippen LogP contribution in [0.4, 0.5) is 0 Å². The van der Waals surface area contributed by atoms with Gasteiger partial charge >= 0.3 is 5.97 Å².